The van der Waals surface area contributed by atoms with Gasteiger partial charge in [-0.3, -0.25) is 4.79 Å². The van der Waals surface area contributed by atoms with Crippen molar-refractivity contribution in [1.29, 1.82) is 0 Å². The Morgan fingerprint density at radius 2 is 2.20 bits per heavy atom. The number of benzene rings is 2. The molecule has 0 radical (unpaired) electrons. The molecule has 2 N–H and O–H groups in total. The van der Waals surface area contributed by atoms with Crippen molar-refractivity contribution in [1.82, 2.24) is 20.5 Å². The van der Waals surface area contributed by atoms with Crippen LogP contribution in [0.1, 0.15) is 45.8 Å². The van der Waals surface area contributed by atoms with Gasteiger partial charge in [0.05, 0.1) is 6.20 Å². The van der Waals surface area contributed by atoms with Gasteiger partial charge < -0.3 is 25.0 Å². The van der Waals surface area contributed by atoms with Gasteiger partial charge in [0.1, 0.15) is 22.5 Å². The first-order valence-corrected chi connectivity index (χ1v) is 12.7. The Bertz CT molecular complexity index is 1230. The van der Waals surface area contributed by atoms with Crippen molar-refractivity contribution >= 4 is 23.3 Å². The van der Waals surface area contributed by atoms with Gasteiger partial charge in [0.2, 0.25) is 0 Å². The molecule has 5 rings (SSSR count). The molecule has 1 aromatic heterocycles. The van der Waals surface area contributed by atoms with Crippen molar-refractivity contribution in [2.45, 2.75) is 32.3 Å². The van der Waals surface area contributed by atoms with Crippen LogP contribution in [0.25, 0.3) is 0 Å². The minimum Gasteiger partial charge on any atom is -0.485 e. The minimum absolute atomic E-state index is 0.0605. The first kappa shape index (κ1) is 23.2. The second-order valence-electron chi connectivity index (χ2n) is 8.53. The highest BCUT2D eigenvalue weighted by atomic mass is 32.1. The van der Waals surface area contributed by atoms with Crippen molar-refractivity contribution in [3.8, 4) is 16.7 Å². The van der Waals surface area contributed by atoms with Crippen molar-refractivity contribution in [2.75, 3.05) is 26.2 Å². The number of fused-ring (bicyclic) bond motifs is 1. The normalized spacial score (nSPS) is 16.9. The summed E-state index contributed by atoms with van der Waals surface area (Å²) < 4.78 is 12.3. The Kier molecular flexibility index (Phi) is 6.85. The molecule has 8 nitrogen and oxygen atoms in total. The maximum Gasteiger partial charge on any atom is 0.317 e. The van der Waals surface area contributed by atoms with Gasteiger partial charge in [-0.05, 0) is 54.2 Å². The number of hydrogen-bond donors (Lipinski definition) is 2. The van der Waals surface area contributed by atoms with Crippen molar-refractivity contribution < 1.29 is 19.1 Å². The number of nitrogens with zero attached hydrogens (tertiary/aromatic N) is 2. The van der Waals surface area contributed by atoms with Crippen LogP contribution >= 0.6 is 11.3 Å². The van der Waals surface area contributed by atoms with E-state index in [0.29, 0.717) is 42.0 Å². The lowest BCUT2D eigenvalue weighted by Crippen LogP contribution is -2.36. The summed E-state index contributed by atoms with van der Waals surface area (Å²) in [5, 5.41) is 5.97. The van der Waals surface area contributed by atoms with Crippen molar-refractivity contribution in [3.63, 3.8) is 0 Å². The summed E-state index contributed by atoms with van der Waals surface area (Å²) in [4.78, 5) is 30.4. The van der Waals surface area contributed by atoms with E-state index in [4.69, 9.17) is 9.47 Å². The smallest absolute Gasteiger partial charge is 0.317 e. The van der Waals surface area contributed by atoms with Crippen LogP contribution in [0, 0.1) is 0 Å². The number of urea groups is 1. The quantitative estimate of drug-likeness (QED) is 0.489. The van der Waals surface area contributed by atoms with Gasteiger partial charge in [-0.1, -0.05) is 42.5 Å². The molecule has 182 valence electrons. The number of aryl methyl sites for hydroxylation is 2. The summed E-state index contributed by atoms with van der Waals surface area (Å²) in [5.74, 6) is 1.32. The molecular weight excluding hydrogens is 464 g/mol. The van der Waals surface area contributed by atoms with Crippen LogP contribution in [0.4, 0.5) is 4.79 Å². The standard InChI is InChI=1S/C26H28N4O4S/c1-2-17-5-3-4-6-20(17)22-9-7-18-15-19(8-10-21(18)34-22)33-26-29-16-23(35-26)24(31)27-11-13-30-14-12-28-25(30)32/h3-6,8,10,15-16,22H,2,7,9,11-14H2,1H3,(H,27,31)(H,28,32). The molecule has 9 heteroatoms. The first-order chi connectivity index (χ1) is 17.1. The van der Waals surface area contributed by atoms with E-state index in [0.717, 1.165) is 30.6 Å². The zero-order valence-electron chi connectivity index (χ0n) is 19.6. The van der Waals surface area contributed by atoms with E-state index in [-0.39, 0.29) is 18.0 Å². The fourth-order valence-corrected chi connectivity index (χ4v) is 5.15. The molecule has 0 bridgehead atoms. The number of amides is 3. The molecule has 0 saturated carbocycles. The molecule has 1 atom stereocenters. The number of rotatable bonds is 8. The Labute approximate surface area is 208 Å². The summed E-state index contributed by atoms with van der Waals surface area (Å²) >= 11 is 1.19. The highest BCUT2D eigenvalue weighted by molar-refractivity contribution is 7.15. The van der Waals surface area contributed by atoms with Crippen LogP contribution in [-0.4, -0.2) is 48.0 Å². The Balaban J connectivity index is 1.17. The maximum atomic E-state index is 12.4. The third-order valence-corrected chi connectivity index (χ3v) is 7.16. The predicted octanol–water partition coefficient (Wildman–Crippen LogP) is 4.32. The van der Waals surface area contributed by atoms with E-state index in [1.165, 1.54) is 28.7 Å². The van der Waals surface area contributed by atoms with Gasteiger partial charge >= 0.3 is 6.03 Å². The van der Waals surface area contributed by atoms with Crippen molar-refractivity contribution in [2.24, 2.45) is 0 Å². The topological polar surface area (TPSA) is 92.8 Å². The van der Waals surface area contributed by atoms with E-state index >= 15 is 0 Å². The summed E-state index contributed by atoms with van der Waals surface area (Å²) in [5.41, 5.74) is 3.69. The largest absolute Gasteiger partial charge is 0.485 e. The number of thiazole rings is 1. The molecule has 2 aromatic carbocycles. The number of aromatic nitrogens is 1. The maximum absolute atomic E-state index is 12.4. The van der Waals surface area contributed by atoms with Crippen LogP contribution in [0.3, 0.4) is 0 Å². The first-order valence-electron chi connectivity index (χ1n) is 11.9. The van der Waals surface area contributed by atoms with Gasteiger partial charge in [0.15, 0.2) is 0 Å². The average Bonchev–Trinajstić information content (AvgIpc) is 3.52. The molecule has 0 spiro atoms. The van der Waals surface area contributed by atoms with Crippen LogP contribution in [0.15, 0.2) is 48.7 Å². The molecule has 35 heavy (non-hydrogen) atoms. The summed E-state index contributed by atoms with van der Waals surface area (Å²) in [6.07, 6.45) is 4.36. The van der Waals surface area contributed by atoms with E-state index in [1.807, 2.05) is 18.2 Å². The fourth-order valence-electron chi connectivity index (χ4n) is 4.44. The van der Waals surface area contributed by atoms with Gasteiger partial charge in [0.25, 0.3) is 11.1 Å². The average molecular weight is 493 g/mol. The van der Waals surface area contributed by atoms with E-state index < -0.39 is 0 Å². The van der Waals surface area contributed by atoms with Crippen molar-refractivity contribution in [3.05, 3.63) is 70.2 Å². The summed E-state index contributed by atoms with van der Waals surface area (Å²) in [6, 6.07) is 14.2. The summed E-state index contributed by atoms with van der Waals surface area (Å²) in [6.45, 7) is 4.33. The molecule has 3 aromatic rings. The lowest BCUT2D eigenvalue weighted by atomic mass is 9.93. The van der Waals surface area contributed by atoms with E-state index in [2.05, 4.69) is 46.8 Å². The SMILES string of the molecule is CCc1ccccc1C1CCc2cc(Oc3ncc(C(=O)NCCN4CCNC4=O)s3)ccc2O1. The second kappa shape index (κ2) is 10.4. The van der Waals surface area contributed by atoms with Crippen LogP contribution in [0.2, 0.25) is 0 Å². The number of hydrogen-bond acceptors (Lipinski definition) is 6. The molecule has 1 saturated heterocycles. The molecule has 1 fully saturated rings. The number of ether oxygens (including phenoxy) is 2. The third kappa shape index (κ3) is 5.24. The lowest BCUT2D eigenvalue weighted by molar-refractivity contribution is 0.0954. The third-order valence-electron chi connectivity index (χ3n) is 6.29. The molecule has 1 unspecified atom stereocenters. The van der Waals surface area contributed by atoms with Gasteiger partial charge in [0, 0.05) is 26.2 Å². The second-order valence-corrected chi connectivity index (χ2v) is 9.53. The Hall–Kier alpha value is -3.59. The molecular formula is C26H28N4O4S. The van der Waals surface area contributed by atoms with Crippen LogP contribution < -0.4 is 20.1 Å². The summed E-state index contributed by atoms with van der Waals surface area (Å²) in [7, 11) is 0. The molecule has 3 amide bonds. The minimum atomic E-state index is -0.228. The van der Waals surface area contributed by atoms with Gasteiger partial charge in [-0.2, -0.15) is 0 Å². The number of carbonyl (C=O) groups is 2. The van der Waals surface area contributed by atoms with Crippen LogP contribution in [0.5, 0.6) is 16.7 Å². The lowest BCUT2D eigenvalue weighted by Gasteiger charge is -2.28. The molecule has 0 aliphatic carbocycles. The number of carbonyl (C=O) groups excluding carboxylic acids is 2. The van der Waals surface area contributed by atoms with Gasteiger partial charge in [-0.25, -0.2) is 9.78 Å². The molecule has 3 heterocycles. The highest BCUT2D eigenvalue weighted by Gasteiger charge is 2.24. The van der Waals surface area contributed by atoms with Crippen LogP contribution in [-0.2, 0) is 12.8 Å². The van der Waals surface area contributed by atoms with Gasteiger partial charge in [-0.15, -0.1) is 0 Å². The highest BCUT2D eigenvalue weighted by Crippen LogP contribution is 2.38. The molecule has 2 aliphatic rings. The fraction of sp³-hybridized carbons (Fsp3) is 0.346. The van der Waals surface area contributed by atoms with E-state index in [1.54, 1.807) is 4.90 Å². The van der Waals surface area contributed by atoms with E-state index in [9.17, 15) is 9.59 Å². The zero-order chi connectivity index (χ0) is 24.2. The molecule has 2 aliphatic heterocycles. The Morgan fingerprint density at radius 1 is 1.31 bits per heavy atom. The zero-order valence-corrected chi connectivity index (χ0v) is 20.4. The number of nitrogens with one attached hydrogen (secondary N) is 2. The monoisotopic (exact) mass is 492 g/mol. The predicted molar refractivity (Wildman–Crippen MR) is 133 cm³/mol. The Morgan fingerprint density at radius 3 is 3.03 bits per heavy atom.